The minimum absolute atomic E-state index is 0.0126. The van der Waals surface area contributed by atoms with Crippen LogP contribution in [-0.2, 0) is 0 Å². The maximum absolute atomic E-state index is 14.7. The number of benzene rings is 2. The Morgan fingerprint density at radius 3 is 2.38 bits per heavy atom. The highest BCUT2D eigenvalue weighted by Gasteiger charge is 2.18. The Morgan fingerprint density at radius 2 is 1.66 bits per heavy atom. The highest BCUT2D eigenvalue weighted by Crippen LogP contribution is 2.28. The Labute approximate surface area is 190 Å². The molecule has 2 aromatic carbocycles. The molecular weight excluding hydrogens is 436 g/mol. The third kappa shape index (κ3) is 5.00. The van der Waals surface area contributed by atoms with Crippen LogP contribution >= 0.6 is 11.6 Å². The molecule has 1 aliphatic heterocycles. The smallest absolute Gasteiger partial charge is 0.229 e. The molecule has 0 unspecified atom stereocenters. The highest BCUT2D eigenvalue weighted by atomic mass is 35.5. The van der Waals surface area contributed by atoms with E-state index in [-0.39, 0.29) is 17.6 Å². The lowest BCUT2D eigenvalue weighted by atomic mass is 10.2. The summed E-state index contributed by atoms with van der Waals surface area (Å²) in [5, 5.41) is 9.37. The molecule has 3 N–H and O–H groups in total. The molecule has 10 heteroatoms. The van der Waals surface area contributed by atoms with Crippen LogP contribution in [0.15, 0.2) is 42.6 Å². The predicted octanol–water partition coefficient (Wildman–Crippen LogP) is 4.69. The first-order chi connectivity index (χ1) is 15.4. The second-order valence-corrected chi connectivity index (χ2v) is 7.95. The van der Waals surface area contributed by atoms with Crippen molar-refractivity contribution in [1.82, 2.24) is 14.9 Å². The minimum Gasteiger partial charge on any atom is -0.387 e. The third-order valence-corrected chi connectivity index (χ3v) is 5.62. The molecule has 0 bridgehead atoms. The summed E-state index contributed by atoms with van der Waals surface area (Å²) in [6.07, 6.45) is 1.06. The molecule has 4 rings (SSSR count). The monoisotopic (exact) mass is 459 g/mol. The molecule has 1 fully saturated rings. The summed E-state index contributed by atoms with van der Waals surface area (Å²) in [5.74, 6) is -0.821. The number of hydrogen-bond acceptors (Lipinski definition) is 7. The predicted molar refractivity (Wildman–Crippen MR) is 126 cm³/mol. The summed E-state index contributed by atoms with van der Waals surface area (Å²) in [5.41, 5.74) is 2.33. The normalized spacial score (nSPS) is 14.3. The number of halogens is 3. The van der Waals surface area contributed by atoms with Gasteiger partial charge in [-0.2, -0.15) is 4.98 Å². The van der Waals surface area contributed by atoms with Crippen LogP contribution in [-0.4, -0.2) is 55.1 Å². The van der Waals surface area contributed by atoms with E-state index in [1.54, 1.807) is 37.4 Å². The Kier molecular flexibility index (Phi) is 6.57. The first-order valence-electron chi connectivity index (χ1n) is 10.2. The summed E-state index contributed by atoms with van der Waals surface area (Å²) < 4.78 is 29.0. The van der Waals surface area contributed by atoms with E-state index in [0.717, 1.165) is 32.4 Å². The van der Waals surface area contributed by atoms with E-state index in [1.807, 2.05) is 4.90 Å². The zero-order chi connectivity index (χ0) is 22.7. The first kappa shape index (κ1) is 22.0. The van der Waals surface area contributed by atoms with Crippen LogP contribution < -0.4 is 20.9 Å². The van der Waals surface area contributed by atoms with E-state index in [4.69, 9.17) is 11.6 Å². The van der Waals surface area contributed by atoms with Gasteiger partial charge in [0.1, 0.15) is 5.82 Å². The number of rotatable bonds is 6. The first-order valence-corrected chi connectivity index (χ1v) is 10.6. The molecule has 1 aliphatic rings. The van der Waals surface area contributed by atoms with Gasteiger partial charge in [-0.1, -0.05) is 11.6 Å². The maximum atomic E-state index is 14.7. The van der Waals surface area contributed by atoms with Gasteiger partial charge in [0.25, 0.3) is 0 Å². The number of nitrogens with one attached hydrogen (secondary N) is 3. The Hall–Kier alpha value is -3.17. The lowest BCUT2D eigenvalue weighted by Gasteiger charge is -2.34. The number of piperazine rings is 1. The van der Waals surface area contributed by atoms with Crippen molar-refractivity contribution in [2.45, 2.75) is 0 Å². The van der Waals surface area contributed by atoms with E-state index in [0.29, 0.717) is 27.8 Å². The molecule has 2 heterocycles. The highest BCUT2D eigenvalue weighted by molar-refractivity contribution is 6.33. The average Bonchev–Trinajstić information content (AvgIpc) is 2.78. The molecule has 1 aromatic heterocycles. The standard InChI is InChI=1S/C22H24ClF2N7/c1-26-19-12-15(3-5-16(19)23)28-21-18(25)13-27-22(30-21)29-14-4-6-20(17(24)11-14)32-9-7-31(2)8-10-32/h3-6,11-13,26H,7-10H2,1-2H3,(H2,27,28,29,30). The summed E-state index contributed by atoms with van der Waals surface area (Å²) >= 11 is 6.09. The van der Waals surface area contributed by atoms with Crippen molar-refractivity contribution in [3.05, 3.63) is 59.3 Å². The molecular formula is C22H24ClF2N7. The number of hydrogen-bond donors (Lipinski definition) is 3. The molecule has 0 atom stereocenters. The molecule has 1 saturated heterocycles. The SMILES string of the molecule is CNc1cc(Nc2nc(Nc3ccc(N4CCN(C)CC4)c(F)c3)ncc2F)ccc1Cl. The van der Waals surface area contributed by atoms with Crippen molar-refractivity contribution in [1.29, 1.82) is 0 Å². The lowest BCUT2D eigenvalue weighted by Crippen LogP contribution is -2.44. The molecule has 32 heavy (non-hydrogen) atoms. The van der Waals surface area contributed by atoms with Crippen molar-refractivity contribution in [2.75, 3.05) is 61.1 Å². The molecule has 7 nitrogen and oxygen atoms in total. The maximum Gasteiger partial charge on any atom is 0.229 e. The van der Waals surface area contributed by atoms with Crippen LogP contribution in [0, 0.1) is 11.6 Å². The van der Waals surface area contributed by atoms with Gasteiger partial charge in [-0.05, 0) is 43.4 Å². The van der Waals surface area contributed by atoms with Crippen LogP contribution in [0.2, 0.25) is 5.02 Å². The van der Waals surface area contributed by atoms with Crippen LogP contribution in [0.1, 0.15) is 0 Å². The van der Waals surface area contributed by atoms with Gasteiger partial charge >= 0.3 is 0 Å². The summed E-state index contributed by atoms with van der Waals surface area (Å²) in [6.45, 7) is 3.33. The van der Waals surface area contributed by atoms with E-state index in [2.05, 4.69) is 37.9 Å². The van der Waals surface area contributed by atoms with E-state index in [1.165, 1.54) is 6.07 Å². The molecule has 0 spiro atoms. The largest absolute Gasteiger partial charge is 0.387 e. The molecule has 0 radical (unpaired) electrons. The Bertz CT molecular complexity index is 1100. The van der Waals surface area contributed by atoms with Gasteiger partial charge in [-0.15, -0.1) is 0 Å². The van der Waals surface area contributed by atoms with Gasteiger partial charge in [-0.25, -0.2) is 13.8 Å². The Balaban J connectivity index is 1.49. The van der Waals surface area contributed by atoms with E-state index < -0.39 is 5.82 Å². The average molecular weight is 460 g/mol. The van der Waals surface area contributed by atoms with Gasteiger partial charge in [-0.3, -0.25) is 0 Å². The van der Waals surface area contributed by atoms with Crippen molar-refractivity contribution >= 4 is 46.1 Å². The Morgan fingerprint density at radius 1 is 0.938 bits per heavy atom. The molecule has 0 amide bonds. The van der Waals surface area contributed by atoms with Gasteiger partial charge < -0.3 is 25.8 Å². The number of aromatic nitrogens is 2. The van der Waals surface area contributed by atoms with Gasteiger partial charge in [0, 0.05) is 44.6 Å². The van der Waals surface area contributed by atoms with E-state index in [9.17, 15) is 8.78 Å². The molecule has 168 valence electrons. The van der Waals surface area contributed by atoms with Gasteiger partial charge in [0.15, 0.2) is 11.6 Å². The number of likely N-dealkylation sites (N-methyl/N-ethyl adjacent to an activating group) is 1. The number of anilines is 6. The second kappa shape index (κ2) is 9.54. The van der Waals surface area contributed by atoms with Gasteiger partial charge in [0.2, 0.25) is 5.95 Å². The second-order valence-electron chi connectivity index (χ2n) is 7.54. The molecule has 0 saturated carbocycles. The number of nitrogens with zero attached hydrogens (tertiary/aromatic N) is 4. The van der Waals surface area contributed by atoms with Crippen LogP contribution in [0.4, 0.5) is 43.3 Å². The van der Waals surface area contributed by atoms with Crippen LogP contribution in [0.25, 0.3) is 0 Å². The fraction of sp³-hybridized carbons (Fsp3) is 0.273. The van der Waals surface area contributed by atoms with Crippen molar-refractivity contribution in [3.8, 4) is 0 Å². The summed E-state index contributed by atoms with van der Waals surface area (Å²) in [4.78, 5) is 12.4. The fourth-order valence-corrected chi connectivity index (χ4v) is 3.68. The fourth-order valence-electron chi connectivity index (χ4n) is 3.46. The van der Waals surface area contributed by atoms with Crippen molar-refractivity contribution in [3.63, 3.8) is 0 Å². The molecule has 0 aliphatic carbocycles. The molecule has 3 aromatic rings. The summed E-state index contributed by atoms with van der Waals surface area (Å²) in [7, 11) is 3.80. The lowest BCUT2D eigenvalue weighted by molar-refractivity contribution is 0.311. The summed E-state index contributed by atoms with van der Waals surface area (Å²) in [6, 6.07) is 10.0. The van der Waals surface area contributed by atoms with E-state index >= 15 is 0 Å². The quantitative estimate of drug-likeness (QED) is 0.494. The van der Waals surface area contributed by atoms with Crippen molar-refractivity contribution in [2.24, 2.45) is 0 Å². The van der Waals surface area contributed by atoms with Crippen LogP contribution in [0.5, 0.6) is 0 Å². The van der Waals surface area contributed by atoms with Crippen molar-refractivity contribution < 1.29 is 8.78 Å². The minimum atomic E-state index is -0.617. The third-order valence-electron chi connectivity index (χ3n) is 5.29. The topological polar surface area (TPSA) is 68.4 Å². The van der Waals surface area contributed by atoms with Gasteiger partial charge in [0.05, 0.1) is 22.6 Å². The zero-order valence-electron chi connectivity index (χ0n) is 17.8. The zero-order valence-corrected chi connectivity index (χ0v) is 18.5. The van der Waals surface area contributed by atoms with Crippen LogP contribution in [0.3, 0.4) is 0 Å².